The van der Waals surface area contributed by atoms with E-state index in [1.807, 2.05) is 0 Å². The molecule has 0 unspecified atom stereocenters. The minimum absolute atomic E-state index is 0.0357. The van der Waals surface area contributed by atoms with Gasteiger partial charge in [0.05, 0.1) is 18.8 Å². The van der Waals surface area contributed by atoms with E-state index in [0.717, 1.165) is 0 Å². The highest BCUT2D eigenvalue weighted by molar-refractivity contribution is 4.86. The molecule has 9 heteroatoms. The van der Waals surface area contributed by atoms with Crippen molar-refractivity contribution in [1.29, 1.82) is 0 Å². The van der Waals surface area contributed by atoms with Crippen LogP contribution in [0, 0.1) is 0 Å². The van der Waals surface area contributed by atoms with Crippen LogP contribution in [0.2, 0.25) is 0 Å². The number of alkyl halides is 5. The second-order valence-electron chi connectivity index (χ2n) is 5.51. The summed E-state index contributed by atoms with van der Waals surface area (Å²) in [5, 5.41) is 0. The Morgan fingerprint density at radius 1 is 1.05 bits per heavy atom. The Labute approximate surface area is 118 Å². The molecule has 1 aliphatic heterocycles. The van der Waals surface area contributed by atoms with Gasteiger partial charge in [-0.2, -0.15) is 0 Å². The van der Waals surface area contributed by atoms with Crippen LogP contribution >= 0.6 is 0 Å². The molecule has 2 aliphatic rings. The summed E-state index contributed by atoms with van der Waals surface area (Å²) >= 11 is 0. The van der Waals surface area contributed by atoms with Crippen LogP contribution < -0.4 is 5.73 Å². The van der Waals surface area contributed by atoms with Gasteiger partial charge >= 0.3 is 6.36 Å². The summed E-state index contributed by atoms with van der Waals surface area (Å²) in [4.78, 5) is 0. The predicted octanol–water partition coefficient (Wildman–Crippen LogP) is 2.21. The number of halogens is 5. The van der Waals surface area contributed by atoms with Crippen molar-refractivity contribution >= 4 is 0 Å². The first-order valence-electron chi connectivity index (χ1n) is 6.77. The lowest BCUT2D eigenvalue weighted by Crippen LogP contribution is -2.48. The summed E-state index contributed by atoms with van der Waals surface area (Å²) in [6.07, 6.45) is -7.07. The molecule has 0 aromatic heterocycles. The quantitative estimate of drug-likeness (QED) is 0.790. The van der Waals surface area contributed by atoms with E-state index in [9.17, 15) is 22.0 Å². The van der Waals surface area contributed by atoms with Gasteiger partial charge in [0.2, 0.25) is 0 Å². The maximum atomic E-state index is 13.8. The maximum absolute atomic E-state index is 13.8. The summed E-state index contributed by atoms with van der Waals surface area (Å²) in [5.74, 6) is -3.17. The number of nitrogens with two attached hydrogens (primary N) is 1. The fraction of sp³-hybridized carbons (Fsp3) is 1.00. The van der Waals surface area contributed by atoms with Gasteiger partial charge in [-0.1, -0.05) is 0 Å². The Morgan fingerprint density at radius 2 is 1.71 bits per heavy atom. The van der Waals surface area contributed by atoms with Crippen molar-refractivity contribution < 1.29 is 36.2 Å². The van der Waals surface area contributed by atoms with Crippen molar-refractivity contribution in [1.82, 2.24) is 0 Å². The smallest absolute Gasteiger partial charge is 0.372 e. The van der Waals surface area contributed by atoms with Gasteiger partial charge in [0.15, 0.2) is 0 Å². The average Bonchev–Trinajstić information content (AvgIpc) is 2.31. The Hall–Kier alpha value is -0.510. The molecule has 1 saturated carbocycles. The van der Waals surface area contributed by atoms with Gasteiger partial charge in [-0.05, 0) is 12.8 Å². The Balaban J connectivity index is 1.67. The topological polar surface area (TPSA) is 53.7 Å². The first-order valence-corrected chi connectivity index (χ1v) is 6.77. The van der Waals surface area contributed by atoms with Crippen molar-refractivity contribution in [2.75, 3.05) is 13.2 Å². The molecule has 2 fully saturated rings. The maximum Gasteiger partial charge on any atom is 0.522 e. The highest BCUT2D eigenvalue weighted by Gasteiger charge is 2.45. The van der Waals surface area contributed by atoms with Crippen LogP contribution in [0.5, 0.6) is 0 Å². The van der Waals surface area contributed by atoms with Crippen molar-refractivity contribution in [3.8, 4) is 0 Å². The zero-order valence-corrected chi connectivity index (χ0v) is 11.2. The fourth-order valence-corrected chi connectivity index (χ4v) is 2.37. The van der Waals surface area contributed by atoms with Crippen LogP contribution in [0.3, 0.4) is 0 Å². The van der Waals surface area contributed by atoms with Gasteiger partial charge in [0, 0.05) is 18.9 Å². The minimum atomic E-state index is -4.70. The third-order valence-corrected chi connectivity index (χ3v) is 3.65. The molecule has 0 bridgehead atoms. The van der Waals surface area contributed by atoms with E-state index in [0.29, 0.717) is 6.42 Å². The van der Waals surface area contributed by atoms with Crippen LogP contribution in [-0.2, 0) is 14.2 Å². The van der Waals surface area contributed by atoms with Gasteiger partial charge < -0.3 is 15.2 Å². The number of ether oxygens (including phenoxy) is 3. The molecule has 0 spiro atoms. The second kappa shape index (κ2) is 6.31. The minimum Gasteiger partial charge on any atom is -0.372 e. The highest BCUT2D eigenvalue weighted by atomic mass is 19.4. The number of rotatable bonds is 5. The molecular weight excluding hydrogens is 301 g/mol. The van der Waals surface area contributed by atoms with Crippen molar-refractivity contribution in [3.05, 3.63) is 0 Å². The summed E-state index contributed by atoms with van der Waals surface area (Å²) in [5.41, 5.74) is 5.55. The second-order valence-corrected chi connectivity index (χ2v) is 5.51. The first-order chi connectivity index (χ1) is 9.66. The van der Waals surface area contributed by atoms with Crippen LogP contribution in [0.4, 0.5) is 22.0 Å². The third-order valence-electron chi connectivity index (χ3n) is 3.65. The standard InChI is InChI=1S/C12H18F5NO3/c13-11(14,10-2-1-7(18)5-19-10)6-20-8-3-9(4-8)21-12(15,16)17/h7-10H,1-6,18H2/t7-,8?,9?,10+/m1/s1. The molecule has 21 heavy (non-hydrogen) atoms. The molecule has 124 valence electrons. The molecule has 0 amide bonds. The molecule has 0 aromatic carbocycles. The van der Waals surface area contributed by atoms with Gasteiger partial charge in [0.25, 0.3) is 5.92 Å². The van der Waals surface area contributed by atoms with Crippen molar-refractivity contribution in [3.63, 3.8) is 0 Å². The monoisotopic (exact) mass is 319 g/mol. The highest BCUT2D eigenvalue weighted by Crippen LogP contribution is 2.34. The van der Waals surface area contributed by atoms with Gasteiger partial charge in [0.1, 0.15) is 12.7 Å². The summed E-state index contributed by atoms with van der Waals surface area (Å²) < 4.78 is 77.0. The normalized spacial score (nSPS) is 34.6. The lowest BCUT2D eigenvalue weighted by atomic mass is 9.92. The van der Waals surface area contributed by atoms with Gasteiger partial charge in [-0.3, -0.25) is 4.74 Å². The Morgan fingerprint density at radius 3 is 2.24 bits per heavy atom. The molecule has 4 nitrogen and oxygen atoms in total. The molecule has 0 radical (unpaired) electrons. The van der Waals surface area contributed by atoms with Crippen molar-refractivity contribution in [2.24, 2.45) is 5.73 Å². The first kappa shape index (κ1) is 16.9. The molecule has 1 saturated heterocycles. The van der Waals surface area contributed by atoms with E-state index in [1.54, 1.807) is 0 Å². The summed E-state index contributed by atoms with van der Waals surface area (Å²) in [6.45, 7) is -0.790. The molecule has 2 rings (SSSR count). The molecule has 2 atom stereocenters. The van der Waals surface area contributed by atoms with Crippen LogP contribution in [0.15, 0.2) is 0 Å². The molecule has 1 aliphatic carbocycles. The SMILES string of the molecule is N[C@@H]1CC[C@@H](C(F)(F)COC2CC(OC(F)(F)F)C2)OC1. The zero-order valence-electron chi connectivity index (χ0n) is 11.2. The zero-order chi connectivity index (χ0) is 15.7. The molecular formula is C12H18F5NO3. The number of hydrogen-bond donors (Lipinski definition) is 1. The van der Waals surface area contributed by atoms with Crippen LogP contribution in [0.1, 0.15) is 25.7 Å². The van der Waals surface area contributed by atoms with E-state index in [-0.39, 0.29) is 31.9 Å². The Kier molecular flexibility index (Phi) is 5.07. The van der Waals surface area contributed by atoms with Gasteiger partial charge in [-0.25, -0.2) is 8.78 Å². The van der Waals surface area contributed by atoms with Gasteiger partial charge in [-0.15, -0.1) is 13.2 Å². The van der Waals surface area contributed by atoms with Crippen molar-refractivity contribution in [2.45, 2.75) is 62.3 Å². The van der Waals surface area contributed by atoms with E-state index in [1.165, 1.54) is 0 Å². The largest absolute Gasteiger partial charge is 0.522 e. The fourth-order valence-electron chi connectivity index (χ4n) is 2.37. The number of hydrogen-bond acceptors (Lipinski definition) is 4. The van der Waals surface area contributed by atoms with E-state index < -0.39 is 37.2 Å². The molecule has 0 aromatic rings. The van der Waals surface area contributed by atoms with E-state index in [4.69, 9.17) is 15.2 Å². The van der Waals surface area contributed by atoms with E-state index in [2.05, 4.69) is 4.74 Å². The average molecular weight is 319 g/mol. The predicted molar refractivity (Wildman–Crippen MR) is 61.8 cm³/mol. The Bertz CT molecular complexity index is 338. The third kappa shape index (κ3) is 5.01. The molecule has 2 N–H and O–H groups in total. The van der Waals surface area contributed by atoms with Crippen LogP contribution in [-0.4, -0.2) is 49.9 Å². The van der Waals surface area contributed by atoms with Crippen LogP contribution in [0.25, 0.3) is 0 Å². The summed E-state index contributed by atoms with van der Waals surface area (Å²) in [6, 6.07) is -0.232. The van der Waals surface area contributed by atoms with E-state index >= 15 is 0 Å². The molecule has 1 heterocycles. The lowest BCUT2D eigenvalue weighted by molar-refractivity contribution is -0.358. The lowest BCUT2D eigenvalue weighted by Gasteiger charge is -2.37. The summed E-state index contributed by atoms with van der Waals surface area (Å²) in [7, 11) is 0.